The number of nitrogen functional groups attached to an aromatic ring is 1. The fourth-order valence-electron chi connectivity index (χ4n) is 3.01. The summed E-state index contributed by atoms with van der Waals surface area (Å²) in [6.45, 7) is 2.01. The molecule has 0 bridgehead atoms. The highest BCUT2D eigenvalue weighted by molar-refractivity contribution is 5.84. The first-order chi connectivity index (χ1) is 11.4. The Morgan fingerprint density at radius 1 is 1.38 bits per heavy atom. The number of rotatable bonds is 1. The van der Waals surface area contributed by atoms with Gasteiger partial charge in [-0.05, 0) is 13.0 Å². The topological polar surface area (TPSA) is 90.4 Å². The zero-order chi connectivity index (χ0) is 17.1. The molecule has 4 rings (SSSR count). The fraction of sp³-hybridized carbons (Fsp3) is 0.250. The number of anilines is 1. The van der Waals surface area contributed by atoms with Crippen molar-refractivity contribution in [1.82, 2.24) is 4.98 Å². The number of para-hydroxylation sites is 1. The molecule has 2 aromatic rings. The molecule has 6 nitrogen and oxygen atoms in total. The van der Waals surface area contributed by atoms with E-state index in [-0.39, 0.29) is 35.6 Å². The van der Waals surface area contributed by atoms with Crippen LogP contribution in [0.3, 0.4) is 0 Å². The lowest BCUT2D eigenvalue weighted by atomic mass is 9.93. The largest absolute Gasteiger partial charge is 0.586 e. The van der Waals surface area contributed by atoms with Crippen molar-refractivity contribution in [2.24, 2.45) is 0 Å². The molecule has 1 aromatic heterocycles. The van der Waals surface area contributed by atoms with Gasteiger partial charge in [-0.25, -0.2) is 4.98 Å². The SMILES string of the molecule is C[C@H]1OCc2c1nc(N)c(C#N)c2-c1cccc2c1OC(F)(F)O2. The van der Waals surface area contributed by atoms with Gasteiger partial charge in [0.15, 0.2) is 11.5 Å². The Balaban J connectivity index is 2.02. The third kappa shape index (κ3) is 1.98. The number of pyridine rings is 1. The lowest BCUT2D eigenvalue weighted by molar-refractivity contribution is -0.286. The predicted octanol–water partition coefficient (Wildman–Crippen LogP) is 3.12. The molecule has 2 aliphatic rings. The molecule has 0 radical (unpaired) electrons. The highest BCUT2D eigenvalue weighted by Gasteiger charge is 2.45. The Labute approximate surface area is 135 Å². The third-order valence-electron chi connectivity index (χ3n) is 4.03. The Hall–Kier alpha value is -2.92. The molecule has 0 spiro atoms. The quantitative estimate of drug-likeness (QED) is 0.863. The zero-order valence-electron chi connectivity index (χ0n) is 12.5. The molecular formula is C16H11F2N3O3. The zero-order valence-corrected chi connectivity index (χ0v) is 12.5. The first-order valence-electron chi connectivity index (χ1n) is 7.14. The molecule has 0 aliphatic carbocycles. The third-order valence-corrected chi connectivity index (χ3v) is 4.03. The number of alkyl halides is 2. The van der Waals surface area contributed by atoms with Crippen molar-refractivity contribution < 1.29 is 23.0 Å². The van der Waals surface area contributed by atoms with Gasteiger partial charge >= 0.3 is 6.29 Å². The second kappa shape index (κ2) is 4.79. The summed E-state index contributed by atoms with van der Waals surface area (Å²) in [6.07, 6.45) is -4.05. The van der Waals surface area contributed by atoms with Gasteiger partial charge in [0.1, 0.15) is 17.5 Å². The summed E-state index contributed by atoms with van der Waals surface area (Å²) in [5.41, 5.74) is 7.90. The molecule has 0 unspecified atom stereocenters. The highest BCUT2D eigenvalue weighted by Crippen LogP contribution is 2.50. The number of fused-ring (bicyclic) bond motifs is 2. The monoisotopic (exact) mass is 331 g/mol. The second-order valence-corrected chi connectivity index (χ2v) is 5.48. The Kier molecular flexibility index (Phi) is 2.92. The second-order valence-electron chi connectivity index (χ2n) is 5.48. The number of nitriles is 1. The number of nitrogens with zero attached hydrogens (tertiary/aromatic N) is 2. The van der Waals surface area contributed by atoms with Crippen LogP contribution in [0, 0.1) is 11.3 Å². The number of hydrogen-bond acceptors (Lipinski definition) is 6. The lowest BCUT2D eigenvalue weighted by Gasteiger charge is -2.14. The van der Waals surface area contributed by atoms with E-state index >= 15 is 0 Å². The van der Waals surface area contributed by atoms with Crippen LogP contribution in [-0.2, 0) is 11.3 Å². The van der Waals surface area contributed by atoms with Crippen LogP contribution in [0.2, 0.25) is 0 Å². The molecule has 1 atom stereocenters. The van der Waals surface area contributed by atoms with E-state index in [1.54, 1.807) is 19.1 Å². The van der Waals surface area contributed by atoms with E-state index in [0.717, 1.165) is 0 Å². The van der Waals surface area contributed by atoms with Gasteiger partial charge in [-0.2, -0.15) is 5.26 Å². The van der Waals surface area contributed by atoms with Crippen molar-refractivity contribution in [2.75, 3.05) is 5.73 Å². The van der Waals surface area contributed by atoms with Gasteiger partial charge in [0.05, 0.1) is 18.4 Å². The van der Waals surface area contributed by atoms with Gasteiger partial charge in [-0.15, -0.1) is 8.78 Å². The van der Waals surface area contributed by atoms with E-state index < -0.39 is 6.29 Å². The predicted molar refractivity (Wildman–Crippen MR) is 78.2 cm³/mol. The number of hydrogen-bond donors (Lipinski definition) is 1. The molecular weight excluding hydrogens is 320 g/mol. The van der Waals surface area contributed by atoms with Crippen LogP contribution in [0.15, 0.2) is 18.2 Å². The molecule has 122 valence electrons. The Bertz CT molecular complexity index is 908. The number of aromatic nitrogens is 1. The maximum Gasteiger partial charge on any atom is 0.586 e. The van der Waals surface area contributed by atoms with E-state index in [1.165, 1.54) is 6.07 Å². The first-order valence-corrected chi connectivity index (χ1v) is 7.14. The minimum absolute atomic E-state index is 0.0203. The summed E-state index contributed by atoms with van der Waals surface area (Å²) >= 11 is 0. The van der Waals surface area contributed by atoms with Crippen molar-refractivity contribution >= 4 is 5.82 Å². The molecule has 2 N–H and O–H groups in total. The van der Waals surface area contributed by atoms with E-state index in [2.05, 4.69) is 14.5 Å². The molecule has 24 heavy (non-hydrogen) atoms. The van der Waals surface area contributed by atoms with Crippen molar-refractivity contribution in [1.29, 1.82) is 5.26 Å². The molecule has 8 heteroatoms. The van der Waals surface area contributed by atoms with Crippen LogP contribution < -0.4 is 15.2 Å². The van der Waals surface area contributed by atoms with Crippen LogP contribution >= 0.6 is 0 Å². The van der Waals surface area contributed by atoms with Gasteiger partial charge in [0.2, 0.25) is 0 Å². The summed E-state index contributed by atoms with van der Waals surface area (Å²) in [4.78, 5) is 4.22. The van der Waals surface area contributed by atoms with Crippen molar-refractivity contribution in [3.05, 3.63) is 35.0 Å². The Morgan fingerprint density at radius 2 is 2.17 bits per heavy atom. The molecule has 3 heterocycles. The van der Waals surface area contributed by atoms with Crippen LogP contribution in [0.5, 0.6) is 11.5 Å². The van der Waals surface area contributed by atoms with Gasteiger partial charge in [-0.1, -0.05) is 12.1 Å². The van der Waals surface area contributed by atoms with Crippen molar-refractivity contribution in [2.45, 2.75) is 25.9 Å². The average Bonchev–Trinajstić information content (AvgIpc) is 3.04. The normalized spacial score (nSPS) is 19.8. The van der Waals surface area contributed by atoms with Gasteiger partial charge < -0.3 is 19.9 Å². The minimum Gasteiger partial charge on any atom is -0.395 e. The first kappa shape index (κ1) is 14.7. The average molecular weight is 331 g/mol. The summed E-state index contributed by atoms with van der Waals surface area (Å²) in [7, 11) is 0. The van der Waals surface area contributed by atoms with Gasteiger partial charge in [-0.3, -0.25) is 0 Å². The fourth-order valence-corrected chi connectivity index (χ4v) is 3.01. The lowest BCUT2D eigenvalue weighted by Crippen LogP contribution is -2.26. The maximum absolute atomic E-state index is 13.5. The molecule has 0 saturated heterocycles. The molecule has 1 aromatic carbocycles. The summed E-state index contributed by atoms with van der Waals surface area (Å²) in [5, 5.41) is 9.48. The number of ether oxygens (including phenoxy) is 3. The van der Waals surface area contributed by atoms with Crippen molar-refractivity contribution in [3.8, 4) is 28.7 Å². The highest BCUT2D eigenvalue weighted by atomic mass is 19.3. The number of benzene rings is 1. The van der Waals surface area contributed by atoms with E-state index in [0.29, 0.717) is 22.4 Å². The van der Waals surface area contributed by atoms with Crippen molar-refractivity contribution in [3.63, 3.8) is 0 Å². The van der Waals surface area contributed by atoms with Crippen LogP contribution in [0.25, 0.3) is 11.1 Å². The van der Waals surface area contributed by atoms with E-state index in [9.17, 15) is 14.0 Å². The van der Waals surface area contributed by atoms with Crippen LogP contribution in [-0.4, -0.2) is 11.3 Å². The summed E-state index contributed by atoms with van der Waals surface area (Å²) in [6, 6.07) is 6.48. The molecule has 0 amide bonds. The van der Waals surface area contributed by atoms with Crippen LogP contribution in [0.4, 0.5) is 14.6 Å². The maximum atomic E-state index is 13.5. The van der Waals surface area contributed by atoms with Gasteiger partial charge in [0, 0.05) is 16.7 Å². The smallest absolute Gasteiger partial charge is 0.395 e. The number of nitrogens with two attached hydrogens (primary N) is 1. The summed E-state index contributed by atoms with van der Waals surface area (Å²) < 4.78 is 41.6. The van der Waals surface area contributed by atoms with E-state index in [4.69, 9.17) is 10.5 Å². The Morgan fingerprint density at radius 3 is 2.92 bits per heavy atom. The standard InChI is InChI=1S/C16H11F2N3O3/c1-7-13-10(6-22-7)12(9(5-19)15(20)21-13)8-3-2-4-11-14(8)24-16(17,18)23-11/h2-4,7H,6H2,1H3,(H2,20,21)/t7-/m1/s1. The number of halogens is 2. The minimum atomic E-state index is -3.75. The molecule has 0 fully saturated rings. The summed E-state index contributed by atoms with van der Waals surface area (Å²) in [5.74, 6) is -0.212. The van der Waals surface area contributed by atoms with E-state index in [1.807, 2.05) is 6.07 Å². The van der Waals surface area contributed by atoms with Crippen LogP contribution in [0.1, 0.15) is 29.8 Å². The van der Waals surface area contributed by atoms with Gasteiger partial charge in [0.25, 0.3) is 0 Å². The molecule has 2 aliphatic heterocycles. The molecule has 0 saturated carbocycles.